The van der Waals surface area contributed by atoms with Crippen molar-refractivity contribution in [2.24, 2.45) is 16.8 Å². The van der Waals surface area contributed by atoms with Gasteiger partial charge in [0.05, 0.1) is 19.8 Å². The van der Waals surface area contributed by atoms with Crippen LogP contribution < -0.4 is 5.32 Å². The molecule has 1 N–H and O–H groups in total. The van der Waals surface area contributed by atoms with E-state index in [1.54, 1.807) is 0 Å². The zero-order valence-corrected chi connectivity index (χ0v) is 18.7. The van der Waals surface area contributed by atoms with Crippen LogP contribution in [0.4, 0.5) is 0 Å². The van der Waals surface area contributed by atoms with Gasteiger partial charge in [0.25, 0.3) is 0 Å². The van der Waals surface area contributed by atoms with E-state index in [9.17, 15) is 0 Å². The van der Waals surface area contributed by atoms with Crippen LogP contribution in [-0.4, -0.2) is 98.3 Å². The van der Waals surface area contributed by atoms with Crippen LogP contribution in [0.5, 0.6) is 0 Å². The molecule has 0 saturated carbocycles. The number of likely N-dealkylation sites (tertiary alicyclic amines) is 2. The molecule has 0 aliphatic carbocycles. The zero-order chi connectivity index (χ0) is 19.9. The molecule has 0 amide bonds. The Morgan fingerprint density at radius 2 is 1.79 bits per heavy atom. The number of rotatable bonds is 6. The molecule has 0 aromatic rings. The number of nitrogens with one attached hydrogen (secondary N) is 1. The van der Waals surface area contributed by atoms with Crippen LogP contribution in [0.25, 0.3) is 0 Å². The number of piperidine rings is 1. The third kappa shape index (κ3) is 5.83. The highest BCUT2D eigenvalue weighted by molar-refractivity contribution is 5.80. The van der Waals surface area contributed by atoms with E-state index in [0.29, 0.717) is 18.0 Å². The van der Waals surface area contributed by atoms with Gasteiger partial charge in [-0.2, -0.15) is 0 Å². The second-order valence-corrected chi connectivity index (χ2v) is 9.26. The molecule has 6 nitrogen and oxygen atoms in total. The fraction of sp³-hybridized carbons (Fsp3) is 0.955. The second-order valence-electron chi connectivity index (χ2n) is 9.26. The van der Waals surface area contributed by atoms with E-state index in [1.165, 1.54) is 32.4 Å². The third-order valence-corrected chi connectivity index (χ3v) is 6.84. The van der Waals surface area contributed by atoms with E-state index in [2.05, 4.69) is 47.7 Å². The quantitative estimate of drug-likeness (QED) is 0.553. The minimum absolute atomic E-state index is 0.554. The fourth-order valence-electron chi connectivity index (χ4n) is 4.89. The van der Waals surface area contributed by atoms with Crippen molar-refractivity contribution in [1.82, 2.24) is 20.0 Å². The van der Waals surface area contributed by atoms with E-state index >= 15 is 0 Å². The average Bonchev–Trinajstić information content (AvgIpc) is 3.19. The van der Waals surface area contributed by atoms with E-state index in [4.69, 9.17) is 9.73 Å². The summed E-state index contributed by atoms with van der Waals surface area (Å²) in [5.74, 6) is 2.64. The Balaban J connectivity index is 1.59. The molecule has 0 aromatic heterocycles. The summed E-state index contributed by atoms with van der Waals surface area (Å²) in [6.45, 7) is 19.7. The number of morpholine rings is 1. The molecule has 3 saturated heterocycles. The third-order valence-electron chi connectivity index (χ3n) is 6.84. The van der Waals surface area contributed by atoms with Crippen LogP contribution in [0, 0.1) is 11.8 Å². The lowest BCUT2D eigenvalue weighted by atomic mass is 9.94. The van der Waals surface area contributed by atoms with Gasteiger partial charge in [-0.25, -0.2) is 0 Å². The Morgan fingerprint density at radius 1 is 1.07 bits per heavy atom. The van der Waals surface area contributed by atoms with Gasteiger partial charge in [-0.05, 0) is 51.1 Å². The summed E-state index contributed by atoms with van der Waals surface area (Å²) < 4.78 is 5.53. The van der Waals surface area contributed by atoms with Crippen LogP contribution in [-0.2, 0) is 4.74 Å². The van der Waals surface area contributed by atoms with Crippen LogP contribution in [0.1, 0.15) is 47.0 Å². The van der Waals surface area contributed by atoms with Gasteiger partial charge >= 0.3 is 0 Å². The van der Waals surface area contributed by atoms with Crippen LogP contribution in [0.3, 0.4) is 0 Å². The number of nitrogens with zero attached hydrogens (tertiary/aromatic N) is 4. The molecular formula is C22H43N5O. The molecule has 3 heterocycles. The molecule has 0 spiro atoms. The standard InChI is InChI=1S/C22H43N5O/c1-5-23-22(27-11-8-20(17-27)25-12-14-28-15-13-25)24-16-21(18(2)3)26-9-6-19(4)7-10-26/h18-21H,5-17H2,1-4H3,(H,23,24). The number of ether oxygens (including phenoxy) is 1. The molecule has 0 radical (unpaired) electrons. The molecule has 0 bridgehead atoms. The van der Waals surface area contributed by atoms with Gasteiger partial charge in [0.2, 0.25) is 0 Å². The second kappa shape index (κ2) is 10.8. The summed E-state index contributed by atoms with van der Waals surface area (Å²) in [5, 5.41) is 3.57. The summed E-state index contributed by atoms with van der Waals surface area (Å²) in [7, 11) is 0. The SMILES string of the molecule is CCNC(=NCC(C(C)C)N1CCC(C)CC1)N1CCC(N2CCOCC2)C1. The number of aliphatic imine (C=N–C) groups is 1. The van der Waals surface area contributed by atoms with Gasteiger partial charge < -0.3 is 15.0 Å². The normalized spacial score (nSPS) is 27.5. The molecule has 2 unspecified atom stereocenters. The van der Waals surface area contributed by atoms with Gasteiger partial charge in [0.1, 0.15) is 0 Å². The molecule has 2 atom stereocenters. The minimum atomic E-state index is 0.554. The van der Waals surface area contributed by atoms with E-state index in [1.807, 2.05) is 0 Å². The Hall–Kier alpha value is -0.850. The van der Waals surface area contributed by atoms with Crippen molar-refractivity contribution < 1.29 is 4.74 Å². The average molecular weight is 394 g/mol. The number of hydrogen-bond donors (Lipinski definition) is 1. The Bertz CT molecular complexity index is 483. The lowest BCUT2D eigenvalue weighted by Gasteiger charge is -2.38. The highest BCUT2D eigenvalue weighted by atomic mass is 16.5. The molecular weight excluding hydrogens is 350 g/mol. The minimum Gasteiger partial charge on any atom is -0.379 e. The van der Waals surface area contributed by atoms with Crippen molar-refractivity contribution in [2.45, 2.75) is 59.0 Å². The number of hydrogen-bond acceptors (Lipinski definition) is 4. The highest BCUT2D eigenvalue weighted by Crippen LogP contribution is 2.22. The van der Waals surface area contributed by atoms with Crippen molar-refractivity contribution in [3.63, 3.8) is 0 Å². The van der Waals surface area contributed by atoms with E-state index in [-0.39, 0.29) is 0 Å². The van der Waals surface area contributed by atoms with Crippen LogP contribution >= 0.6 is 0 Å². The first kappa shape index (κ1) is 21.8. The van der Waals surface area contributed by atoms with Gasteiger partial charge in [0.15, 0.2) is 5.96 Å². The Labute approximate surface area is 172 Å². The first-order valence-corrected chi connectivity index (χ1v) is 11.7. The number of guanidine groups is 1. The van der Waals surface area contributed by atoms with E-state index < -0.39 is 0 Å². The summed E-state index contributed by atoms with van der Waals surface area (Å²) in [5.41, 5.74) is 0. The van der Waals surface area contributed by atoms with Crippen molar-refractivity contribution in [3.8, 4) is 0 Å². The highest BCUT2D eigenvalue weighted by Gasteiger charge is 2.31. The van der Waals surface area contributed by atoms with Gasteiger partial charge in [-0.15, -0.1) is 0 Å². The van der Waals surface area contributed by atoms with Crippen LogP contribution in [0.2, 0.25) is 0 Å². The molecule has 162 valence electrons. The molecule has 3 aliphatic rings. The van der Waals surface area contributed by atoms with Gasteiger partial charge in [0, 0.05) is 44.8 Å². The van der Waals surface area contributed by atoms with Gasteiger partial charge in [-0.1, -0.05) is 20.8 Å². The first-order chi connectivity index (χ1) is 13.6. The van der Waals surface area contributed by atoms with E-state index in [0.717, 1.165) is 64.4 Å². The molecule has 3 rings (SSSR count). The van der Waals surface area contributed by atoms with Gasteiger partial charge in [-0.3, -0.25) is 14.8 Å². The topological polar surface area (TPSA) is 43.3 Å². The molecule has 3 aliphatic heterocycles. The fourth-order valence-corrected chi connectivity index (χ4v) is 4.89. The smallest absolute Gasteiger partial charge is 0.194 e. The molecule has 3 fully saturated rings. The van der Waals surface area contributed by atoms with Crippen molar-refractivity contribution >= 4 is 5.96 Å². The summed E-state index contributed by atoms with van der Waals surface area (Å²) in [4.78, 5) is 12.9. The molecule has 28 heavy (non-hydrogen) atoms. The summed E-state index contributed by atoms with van der Waals surface area (Å²) in [6, 6.07) is 1.20. The maximum Gasteiger partial charge on any atom is 0.194 e. The Kier molecular flexibility index (Phi) is 8.42. The maximum absolute atomic E-state index is 5.53. The van der Waals surface area contributed by atoms with Crippen molar-refractivity contribution in [3.05, 3.63) is 0 Å². The van der Waals surface area contributed by atoms with Crippen LogP contribution in [0.15, 0.2) is 4.99 Å². The maximum atomic E-state index is 5.53. The lowest BCUT2D eigenvalue weighted by molar-refractivity contribution is 0.0194. The predicted octanol–water partition coefficient (Wildman–Crippen LogP) is 2.11. The zero-order valence-electron chi connectivity index (χ0n) is 18.7. The monoisotopic (exact) mass is 393 g/mol. The molecule has 6 heteroatoms. The summed E-state index contributed by atoms with van der Waals surface area (Å²) in [6.07, 6.45) is 3.91. The summed E-state index contributed by atoms with van der Waals surface area (Å²) >= 11 is 0. The predicted molar refractivity (Wildman–Crippen MR) is 117 cm³/mol. The molecule has 0 aromatic carbocycles. The lowest BCUT2D eigenvalue weighted by Crippen LogP contribution is -2.48. The Morgan fingerprint density at radius 3 is 2.43 bits per heavy atom. The van der Waals surface area contributed by atoms with Crippen molar-refractivity contribution in [1.29, 1.82) is 0 Å². The first-order valence-electron chi connectivity index (χ1n) is 11.7. The van der Waals surface area contributed by atoms with Crippen molar-refractivity contribution in [2.75, 3.05) is 65.6 Å². The largest absolute Gasteiger partial charge is 0.379 e.